The summed E-state index contributed by atoms with van der Waals surface area (Å²) in [4.78, 5) is 4.42. The Hall–Kier alpha value is -2.34. The van der Waals surface area contributed by atoms with Gasteiger partial charge in [0, 0.05) is 12.7 Å². The largest absolute Gasteiger partial charge is 0.377 e. The van der Waals surface area contributed by atoms with Crippen LogP contribution in [0.25, 0.3) is 17.0 Å². The number of hydrogen-bond acceptors (Lipinski definition) is 5. The summed E-state index contributed by atoms with van der Waals surface area (Å²) >= 11 is 0. The number of rotatable bonds is 3. The number of benzene rings is 1. The highest BCUT2D eigenvalue weighted by Crippen LogP contribution is 2.15. The van der Waals surface area contributed by atoms with Gasteiger partial charge < -0.3 is 4.74 Å². The molecule has 6 heteroatoms. The van der Waals surface area contributed by atoms with Gasteiger partial charge in [-0.2, -0.15) is 9.61 Å². The van der Waals surface area contributed by atoms with Crippen molar-refractivity contribution in [1.29, 1.82) is 0 Å². The van der Waals surface area contributed by atoms with Gasteiger partial charge in [0.15, 0.2) is 5.82 Å². The molecule has 0 unspecified atom stereocenters. The Morgan fingerprint density at radius 1 is 1.17 bits per heavy atom. The van der Waals surface area contributed by atoms with Gasteiger partial charge in [0.1, 0.15) is 6.61 Å². The third kappa shape index (κ3) is 1.82. The first kappa shape index (κ1) is 10.8. The minimum Gasteiger partial charge on any atom is -0.377 e. The van der Waals surface area contributed by atoms with Crippen LogP contribution in [0.2, 0.25) is 0 Å². The first-order valence-corrected chi connectivity index (χ1v) is 5.50. The molecule has 0 bridgehead atoms. The van der Waals surface area contributed by atoms with E-state index < -0.39 is 0 Å². The molecule has 0 N–H and O–H groups in total. The van der Waals surface area contributed by atoms with Crippen molar-refractivity contribution in [2.75, 3.05) is 7.11 Å². The van der Waals surface area contributed by atoms with Crippen molar-refractivity contribution in [2.24, 2.45) is 0 Å². The molecule has 0 atom stereocenters. The van der Waals surface area contributed by atoms with Gasteiger partial charge in [-0.15, -0.1) is 10.2 Å². The number of ether oxygens (including phenoxy) is 1. The highest BCUT2D eigenvalue weighted by molar-refractivity contribution is 5.59. The van der Waals surface area contributed by atoms with Gasteiger partial charge in [-0.3, -0.25) is 0 Å². The highest BCUT2D eigenvalue weighted by atomic mass is 16.5. The van der Waals surface area contributed by atoms with E-state index in [1.54, 1.807) is 17.8 Å². The number of hydrogen-bond donors (Lipinski definition) is 0. The predicted molar refractivity (Wildman–Crippen MR) is 64.7 cm³/mol. The molecule has 0 aliphatic rings. The second kappa shape index (κ2) is 4.50. The summed E-state index contributed by atoms with van der Waals surface area (Å²) in [6, 6.07) is 9.84. The van der Waals surface area contributed by atoms with Crippen LogP contribution in [0.3, 0.4) is 0 Å². The standard InChI is InChI=1S/C12H11N5O/c1-18-8-11-15-16-12-14-10(7-13-17(11)12)9-5-3-2-4-6-9/h2-7H,8H2,1H3. The predicted octanol–water partition coefficient (Wildman–Crippen LogP) is 1.33. The van der Waals surface area contributed by atoms with Crippen molar-refractivity contribution in [3.05, 3.63) is 42.4 Å². The molecule has 0 radical (unpaired) electrons. The second-order valence-electron chi connectivity index (χ2n) is 3.77. The van der Waals surface area contributed by atoms with Crippen LogP contribution in [0.5, 0.6) is 0 Å². The summed E-state index contributed by atoms with van der Waals surface area (Å²) in [5.74, 6) is 1.11. The molecule has 6 nitrogen and oxygen atoms in total. The molecule has 1 aromatic carbocycles. The topological polar surface area (TPSA) is 65.2 Å². The van der Waals surface area contributed by atoms with E-state index in [9.17, 15) is 0 Å². The highest BCUT2D eigenvalue weighted by Gasteiger charge is 2.08. The fourth-order valence-electron chi connectivity index (χ4n) is 1.71. The maximum Gasteiger partial charge on any atom is 0.272 e. The number of methoxy groups -OCH3 is 1. The number of fused-ring (bicyclic) bond motifs is 1. The summed E-state index contributed by atoms with van der Waals surface area (Å²) in [6.45, 7) is 0.362. The van der Waals surface area contributed by atoms with Crippen molar-refractivity contribution >= 4 is 5.78 Å². The summed E-state index contributed by atoms with van der Waals surface area (Å²) in [7, 11) is 1.60. The van der Waals surface area contributed by atoms with Gasteiger partial charge in [-0.25, -0.2) is 4.98 Å². The van der Waals surface area contributed by atoms with E-state index in [1.807, 2.05) is 30.3 Å². The Bertz CT molecular complexity index is 665. The van der Waals surface area contributed by atoms with E-state index in [1.165, 1.54) is 0 Å². The van der Waals surface area contributed by atoms with Gasteiger partial charge in [-0.1, -0.05) is 30.3 Å². The monoisotopic (exact) mass is 241 g/mol. The Labute approximate surface area is 103 Å². The molecule has 0 aliphatic carbocycles. The Balaban J connectivity index is 2.07. The lowest BCUT2D eigenvalue weighted by Crippen LogP contribution is -2.01. The van der Waals surface area contributed by atoms with Gasteiger partial charge in [0.2, 0.25) is 0 Å². The summed E-state index contributed by atoms with van der Waals surface area (Å²) in [5.41, 5.74) is 1.78. The summed E-state index contributed by atoms with van der Waals surface area (Å²) < 4.78 is 6.60. The third-order valence-electron chi connectivity index (χ3n) is 2.55. The maximum atomic E-state index is 5.02. The minimum atomic E-state index is 0.362. The second-order valence-corrected chi connectivity index (χ2v) is 3.77. The summed E-state index contributed by atoms with van der Waals surface area (Å²) in [6.07, 6.45) is 1.70. The maximum absolute atomic E-state index is 5.02. The molecule has 0 spiro atoms. The Kier molecular flexibility index (Phi) is 2.70. The SMILES string of the molecule is COCc1nnc2nc(-c3ccccc3)cnn12. The zero-order chi connectivity index (χ0) is 12.4. The van der Waals surface area contributed by atoms with Crippen LogP contribution in [-0.4, -0.2) is 31.9 Å². The van der Waals surface area contributed by atoms with Crippen LogP contribution in [0, 0.1) is 0 Å². The van der Waals surface area contributed by atoms with E-state index in [-0.39, 0.29) is 0 Å². The van der Waals surface area contributed by atoms with Crippen LogP contribution in [0.1, 0.15) is 5.82 Å². The third-order valence-corrected chi connectivity index (χ3v) is 2.55. The zero-order valence-corrected chi connectivity index (χ0v) is 9.82. The van der Waals surface area contributed by atoms with Crippen molar-refractivity contribution in [3.8, 4) is 11.3 Å². The fourth-order valence-corrected chi connectivity index (χ4v) is 1.71. The molecule has 0 aliphatic heterocycles. The fraction of sp³-hybridized carbons (Fsp3) is 0.167. The van der Waals surface area contributed by atoms with Crippen molar-refractivity contribution in [1.82, 2.24) is 24.8 Å². The molecule has 2 aromatic heterocycles. The van der Waals surface area contributed by atoms with Crippen LogP contribution in [0.4, 0.5) is 0 Å². The zero-order valence-electron chi connectivity index (χ0n) is 9.82. The van der Waals surface area contributed by atoms with E-state index in [0.717, 1.165) is 11.3 Å². The van der Waals surface area contributed by atoms with E-state index in [0.29, 0.717) is 18.2 Å². The van der Waals surface area contributed by atoms with E-state index in [4.69, 9.17) is 4.74 Å². The molecule has 3 rings (SSSR count). The van der Waals surface area contributed by atoms with Crippen molar-refractivity contribution in [2.45, 2.75) is 6.61 Å². The molecule has 0 saturated carbocycles. The van der Waals surface area contributed by atoms with E-state index in [2.05, 4.69) is 20.3 Å². The van der Waals surface area contributed by atoms with Crippen molar-refractivity contribution in [3.63, 3.8) is 0 Å². The van der Waals surface area contributed by atoms with Crippen LogP contribution in [-0.2, 0) is 11.3 Å². The molecule has 90 valence electrons. The molecule has 0 saturated heterocycles. The smallest absolute Gasteiger partial charge is 0.272 e. The van der Waals surface area contributed by atoms with Crippen LogP contribution >= 0.6 is 0 Å². The molecular formula is C12H11N5O. The van der Waals surface area contributed by atoms with Gasteiger partial charge in [0.05, 0.1) is 11.9 Å². The molecule has 3 aromatic rings. The first-order valence-electron chi connectivity index (χ1n) is 5.50. The lowest BCUT2D eigenvalue weighted by molar-refractivity contribution is 0.176. The summed E-state index contributed by atoms with van der Waals surface area (Å²) in [5, 5.41) is 12.3. The molecule has 18 heavy (non-hydrogen) atoms. The Morgan fingerprint density at radius 3 is 2.78 bits per heavy atom. The average Bonchev–Trinajstić information content (AvgIpc) is 2.83. The quantitative estimate of drug-likeness (QED) is 0.692. The Morgan fingerprint density at radius 2 is 2.00 bits per heavy atom. The lowest BCUT2D eigenvalue weighted by atomic mass is 10.2. The molecule has 0 fully saturated rings. The van der Waals surface area contributed by atoms with Gasteiger partial charge >= 0.3 is 0 Å². The van der Waals surface area contributed by atoms with Gasteiger partial charge in [0.25, 0.3) is 5.78 Å². The average molecular weight is 241 g/mol. The lowest BCUT2D eigenvalue weighted by Gasteiger charge is -2.00. The van der Waals surface area contributed by atoms with Gasteiger partial charge in [-0.05, 0) is 0 Å². The molecule has 2 heterocycles. The van der Waals surface area contributed by atoms with E-state index >= 15 is 0 Å². The minimum absolute atomic E-state index is 0.362. The van der Waals surface area contributed by atoms with Crippen LogP contribution in [0.15, 0.2) is 36.5 Å². The first-order chi connectivity index (χ1) is 8.88. The normalized spacial score (nSPS) is 10.9. The molecular weight excluding hydrogens is 230 g/mol. The van der Waals surface area contributed by atoms with Crippen LogP contribution < -0.4 is 0 Å². The number of aromatic nitrogens is 5. The molecule has 0 amide bonds. The number of nitrogens with zero attached hydrogens (tertiary/aromatic N) is 5. The van der Waals surface area contributed by atoms with Crippen molar-refractivity contribution < 1.29 is 4.74 Å².